The molecule has 0 aliphatic heterocycles. The topological polar surface area (TPSA) is 37.3 Å². The molecule has 0 aromatic heterocycles. The van der Waals surface area contributed by atoms with Crippen molar-refractivity contribution < 1.29 is 9.90 Å². The zero-order valence-electron chi connectivity index (χ0n) is 11.1. The first-order chi connectivity index (χ1) is 9.08. The number of benzene rings is 2. The number of rotatable bonds is 3. The summed E-state index contributed by atoms with van der Waals surface area (Å²) in [5.41, 5.74) is 4.60. The van der Waals surface area contributed by atoms with E-state index in [1.165, 1.54) is 5.56 Å². The van der Waals surface area contributed by atoms with Gasteiger partial charge in [0.25, 0.3) is 0 Å². The van der Waals surface area contributed by atoms with Gasteiger partial charge in [-0.3, -0.25) is 0 Å². The predicted octanol–water partition coefficient (Wildman–Crippen LogP) is 4.15. The second kappa shape index (κ2) is 5.53. The van der Waals surface area contributed by atoms with E-state index in [9.17, 15) is 4.79 Å². The van der Waals surface area contributed by atoms with E-state index in [4.69, 9.17) is 5.11 Å². The Morgan fingerprint density at radius 3 is 2.32 bits per heavy atom. The van der Waals surface area contributed by atoms with Crippen LogP contribution in [0.1, 0.15) is 18.1 Å². The van der Waals surface area contributed by atoms with Crippen LogP contribution in [-0.4, -0.2) is 11.1 Å². The lowest BCUT2D eigenvalue weighted by Gasteiger charge is -2.07. The molecule has 0 spiro atoms. The largest absolute Gasteiger partial charge is 0.478 e. The van der Waals surface area contributed by atoms with Crippen LogP contribution in [0.5, 0.6) is 0 Å². The highest BCUT2D eigenvalue weighted by molar-refractivity contribution is 5.93. The number of hydrogen-bond acceptors (Lipinski definition) is 1. The molecular weight excluding hydrogens is 236 g/mol. The van der Waals surface area contributed by atoms with Gasteiger partial charge in [-0.25, -0.2) is 4.79 Å². The maximum atomic E-state index is 10.9. The third kappa shape index (κ3) is 3.10. The van der Waals surface area contributed by atoms with E-state index in [0.29, 0.717) is 5.57 Å². The summed E-state index contributed by atoms with van der Waals surface area (Å²) in [6.07, 6.45) is 1.71. The molecule has 2 heteroatoms. The van der Waals surface area contributed by atoms with Gasteiger partial charge in [0.1, 0.15) is 0 Å². The SMILES string of the molecule is C/C(=C\c1ccccc1-c1ccc(C)cc1)C(=O)O. The van der Waals surface area contributed by atoms with Crippen molar-refractivity contribution in [1.29, 1.82) is 0 Å². The molecule has 2 aromatic rings. The molecule has 2 nitrogen and oxygen atoms in total. The Labute approximate surface area is 113 Å². The van der Waals surface area contributed by atoms with Gasteiger partial charge in [0, 0.05) is 5.57 Å². The summed E-state index contributed by atoms with van der Waals surface area (Å²) < 4.78 is 0. The highest BCUT2D eigenvalue weighted by atomic mass is 16.4. The normalized spacial score (nSPS) is 11.4. The van der Waals surface area contributed by atoms with E-state index < -0.39 is 5.97 Å². The number of carboxylic acids is 1. The lowest BCUT2D eigenvalue weighted by atomic mass is 9.97. The molecule has 0 radical (unpaired) electrons. The summed E-state index contributed by atoms with van der Waals surface area (Å²) in [7, 11) is 0. The zero-order valence-corrected chi connectivity index (χ0v) is 11.1. The van der Waals surface area contributed by atoms with Crippen LogP contribution in [0.3, 0.4) is 0 Å². The Hall–Kier alpha value is -2.35. The molecule has 0 aliphatic carbocycles. The van der Waals surface area contributed by atoms with E-state index in [0.717, 1.165) is 16.7 Å². The van der Waals surface area contributed by atoms with Crippen molar-refractivity contribution in [1.82, 2.24) is 0 Å². The highest BCUT2D eigenvalue weighted by Crippen LogP contribution is 2.25. The van der Waals surface area contributed by atoms with E-state index >= 15 is 0 Å². The average molecular weight is 252 g/mol. The molecule has 19 heavy (non-hydrogen) atoms. The summed E-state index contributed by atoms with van der Waals surface area (Å²) >= 11 is 0. The van der Waals surface area contributed by atoms with E-state index in [1.807, 2.05) is 31.2 Å². The quantitative estimate of drug-likeness (QED) is 0.833. The van der Waals surface area contributed by atoms with Crippen LogP contribution >= 0.6 is 0 Å². The van der Waals surface area contributed by atoms with Gasteiger partial charge in [-0.2, -0.15) is 0 Å². The lowest BCUT2D eigenvalue weighted by molar-refractivity contribution is -0.132. The van der Waals surface area contributed by atoms with Gasteiger partial charge in [0.05, 0.1) is 0 Å². The van der Waals surface area contributed by atoms with Gasteiger partial charge < -0.3 is 5.11 Å². The van der Waals surface area contributed by atoms with Gasteiger partial charge in [0.15, 0.2) is 0 Å². The second-order valence-corrected chi connectivity index (χ2v) is 4.59. The number of carboxylic acid groups (broad SMARTS) is 1. The van der Waals surface area contributed by atoms with Crippen molar-refractivity contribution in [3.63, 3.8) is 0 Å². The van der Waals surface area contributed by atoms with Crippen molar-refractivity contribution in [2.45, 2.75) is 13.8 Å². The van der Waals surface area contributed by atoms with Crippen molar-refractivity contribution >= 4 is 12.0 Å². The van der Waals surface area contributed by atoms with Crippen molar-refractivity contribution in [3.8, 4) is 11.1 Å². The van der Waals surface area contributed by atoms with Crippen LogP contribution in [0.2, 0.25) is 0 Å². The maximum Gasteiger partial charge on any atom is 0.331 e. The Morgan fingerprint density at radius 2 is 1.68 bits per heavy atom. The number of aryl methyl sites for hydroxylation is 1. The average Bonchev–Trinajstić information content (AvgIpc) is 2.40. The summed E-state index contributed by atoms with van der Waals surface area (Å²) in [6, 6.07) is 16.0. The maximum absolute atomic E-state index is 10.9. The fourth-order valence-electron chi connectivity index (χ4n) is 1.91. The van der Waals surface area contributed by atoms with E-state index in [-0.39, 0.29) is 0 Å². The lowest BCUT2D eigenvalue weighted by Crippen LogP contribution is -1.96. The molecule has 0 fully saturated rings. The number of hydrogen-bond donors (Lipinski definition) is 1. The Bertz CT molecular complexity index is 622. The van der Waals surface area contributed by atoms with Gasteiger partial charge in [-0.05, 0) is 36.6 Å². The monoisotopic (exact) mass is 252 g/mol. The van der Waals surface area contributed by atoms with Crippen LogP contribution in [-0.2, 0) is 4.79 Å². The molecule has 0 amide bonds. The fourth-order valence-corrected chi connectivity index (χ4v) is 1.91. The molecule has 0 saturated heterocycles. The fraction of sp³-hybridized carbons (Fsp3) is 0.118. The van der Waals surface area contributed by atoms with Gasteiger partial charge >= 0.3 is 5.97 Å². The molecule has 0 atom stereocenters. The first-order valence-electron chi connectivity index (χ1n) is 6.15. The molecule has 2 aromatic carbocycles. The molecule has 0 saturated carbocycles. The summed E-state index contributed by atoms with van der Waals surface area (Å²) in [6.45, 7) is 3.65. The van der Waals surface area contributed by atoms with Gasteiger partial charge in [-0.15, -0.1) is 0 Å². The van der Waals surface area contributed by atoms with E-state index in [1.54, 1.807) is 13.0 Å². The van der Waals surface area contributed by atoms with E-state index in [2.05, 4.69) is 24.3 Å². The zero-order chi connectivity index (χ0) is 13.8. The van der Waals surface area contributed by atoms with Crippen molar-refractivity contribution in [3.05, 3.63) is 65.2 Å². The molecular formula is C17H16O2. The van der Waals surface area contributed by atoms with Crippen molar-refractivity contribution in [2.24, 2.45) is 0 Å². The highest BCUT2D eigenvalue weighted by Gasteiger charge is 2.05. The van der Waals surface area contributed by atoms with Crippen LogP contribution in [0.25, 0.3) is 17.2 Å². The van der Waals surface area contributed by atoms with Crippen LogP contribution in [0.15, 0.2) is 54.1 Å². The van der Waals surface area contributed by atoms with Gasteiger partial charge in [-0.1, -0.05) is 54.1 Å². The minimum atomic E-state index is -0.890. The van der Waals surface area contributed by atoms with Crippen LogP contribution < -0.4 is 0 Å². The summed E-state index contributed by atoms with van der Waals surface area (Å²) in [4.78, 5) is 10.9. The molecule has 0 unspecified atom stereocenters. The summed E-state index contributed by atoms with van der Waals surface area (Å²) in [5.74, 6) is -0.890. The number of carbonyl (C=O) groups is 1. The third-order valence-electron chi connectivity index (χ3n) is 3.03. The molecule has 0 aliphatic rings. The first-order valence-corrected chi connectivity index (χ1v) is 6.15. The van der Waals surface area contributed by atoms with Crippen LogP contribution in [0.4, 0.5) is 0 Å². The second-order valence-electron chi connectivity index (χ2n) is 4.59. The Kier molecular flexibility index (Phi) is 3.81. The molecule has 0 heterocycles. The standard InChI is InChI=1S/C17H16O2/c1-12-7-9-14(10-8-12)16-6-4-3-5-15(16)11-13(2)17(18)19/h3-11H,1-2H3,(H,18,19)/b13-11+. The molecule has 96 valence electrons. The molecule has 1 N–H and O–H groups in total. The minimum Gasteiger partial charge on any atom is -0.478 e. The smallest absolute Gasteiger partial charge is 0.331 e. The molecule has 2 rings (SSSR count). The van der Waals surface area contributed by atoms with Crippen LogP contribution in [0, 0.1) is 6.92 Å². The van der Waals surface area contributed by atoms with Crippen molar-refractivity contribution in [2.75, 3.05) is 0 Å². The van der Waals surface area contributed by atoms with Gasteiger partial charge in [0.2, 0.25) is 0 Å². The first kappa shape index (κ1) is 13.1. The number of aliphatic carboxylic acids is 1. The Balaban J connectivity index is 2.50. The Morgan fingerprint density at radius 1 is 1.05 bits per heavy atom. The minimum absolute atomic E-state index is 0.333. The molecule has 0 bridgehead atoms. The predicted molar refractivity (Wildman–Crippen MR) is 77.9 cm³/mol. The summed E-state index contributed by atoms with van der Waals surface area (Å²) in [5, 5.41) is 8.97. The third-order valence-corrected chi connectivity index (χ3v) is 3.03.